The summed E-state index contributed by atoms with van der Waals surface area (Å²) in [5, 5.41) is 0. The molecule has 0 spiro atoms. The monoisotopic (exact) mass is 330 g/mol. The van der Waals surface area contributed by atoms with Crippen molar-refractivity contribution in [2.45, 2.75) is 38.3 Å². The van der Waals surface area contributed by atoms with Crippen molar-refractivity contribution in [1.82, 2.24) is 9.80 Å². The summed E-state index contributed by atoms with van der Waals surface area (Å²) in [5.74, 6) is 0.292. The third-order valence-corrected chi connectivity index (χ3v) is 5.37. The molecular weight excluding hydrogens is 300 g/mol. The van der Waals surface area contributed by atoms with Crippen LogP contribution in [0.4, 0.5) is 5.69 Å². The minimum Gasteiger partial charge on any atom is -0.369 e. The number of nitrogens with zero attached hydrogens (tertiary/aromatic N) is 3. The fraction of sp³-hybridized carbons (Fsp3) is 0.632. The zero-order valence-corrected chi connectivity index (χ0v) is 14.7. The number of piperazine rings is 1. The molecule has 2 atom stereocenters. The molecule has 1 aromatic rings. The second kappa shape index (κ2) is 7.99. The summed E-state index contributed by atoms with van der Waals surface area (Å²) >= 11 is 0. The lowest BCUT2D eigenvalue weighted by Gasteiger charge is -2.38. The lowest BCUT2D eigenvalue weighted by atomic mass is 9.99. The molecule has 2 heterocycles. The number of carbonyl (C=O) groups is 1. The standard InChI is InChI=1S/C19H30N4O/c1-16-15-17(20)7-10-23(16)19(24)8-9-21-11-13-22(14-12-21)18-5-3-2-4-6-18/h2-6,16-17H,7-15,20H2,1H3/t16-,17+/m1/s1. The first kappa shape index (κ1) is 17.2. The SMILES string of the molecule is C[C@@H]1C[C@@H](N)CCN1C(=O)CCN1CCN(c2ccccc2)CC1. The lowest BCUT2D eigenvalue weighted by Crippen LogP contribution is -2.50. The van der Waals surface area contributed by atoms with E-state index in [4.69, 9.17) is 5.73 Å². The van der Waals surface area contributed by atoms with E-state index in [9.17, 15) is 4.79 Å². The number of amides is 1. The van der Waals surface area contributed by atoms with Crippen LogP contribution in [0.2, 0.25) is 0 Å². The zero-order chi connectivity index (χ0) is 16.9. The van der Waals surface area contributed by atoms with Crippen molar-refractivity contribution in [3.05, 3.63) is 30.3 Å². The van der Waals surface area contributed by atoms with E-state index in [2.05, 4.69) is 47.1 Å². The van der Waals surface area contributed by atoms with Crippen molar-refractivity contribution < 1.29 is 4.79 Å². The van der Waals surface area contributed by atoms with Crippen LogP contribution in [0, 0.1) is 0 Å². The second-order valence-electron chi connectivity index (χ2n) is 7.13. The topological polar surface area (TPSA) is 52.8 Å². The molecule has 0 saturated carbocycles. The van der Waals surface area contributed by atoms with Crippen molar-refractivity contribution in [3.63, 3.8) is 0 Å². The Kier molecular flexibility index (Phi) is 5.74. The summed E-state index contributed by atoms with van der Waals surface area (Å²) in [6.07, 6.45) is 2.50. The second-order valence-corrected chi connectivity index (χ2v) is 7.13. The van der Waals surface area contributed by atoms with Crippen LogP contribution >= 0.6 is 0 Å². The molecule has 2 fully saturated rings. The van der Waals surface area contributed by atoms with Gasteiger partial charge in [0.25, 0.3) is 0 Å². The number of nitrogens with two attached hydrogens (primary N) is 1. The summed E-state index contributed by atoms with van der Waals surface area (Å²) in [6.45, 7) is 7.95. The van der Waals surface area contributed by atoms with Crippen LogP contribution in [-0.2, 0) is 4.79 Å². The summed E-state index contributed by atoms with van der Waals surface area (Å²) < 4.78 is 0. The van der Waals surface area contributed by atoms with Gasteiger partial charge in [-0.05, 0) is 31.9 Å². The van der Waals surface area contributed by atoms with E-state index in [0.29, 0.717) is 12.3 Å². The van der Waals surface area contributed by atoms with E-state index < -0.39 is 0 Å². The molecule has 0 aliphatic carbocycles. The molecule has 1 aromatic carbocycles. The molecule has 0 radical (unpaired) electrons. The van der Waals surface area contributed by atoms with Crippen molar-refractivity contribution in [2.24, 2.45) is 5.73 Å². The average Bonchev–Trinajstić information content (AvgIpc) is 2.61. The Morgan fingerprint density at radius 1 is 1.12 bits per heavy atom. The van der Waals surface area contributed by atoms with E-state index in [1.165, 1.54) is 5.69 Å². The van der Waals surface area contributed by atoms with Crippen molar-refractivity contribution >= 4 is 11.6 Å². The van der Waals surface area contributed by atoms with E-state index in [1.54, 1.807) is 0 Å². The number of hydrogen-bond acceptors (Lipinski definition) is 4. The van der Waals surface area contributed by atoms with Gasteiger partial charge >= 0.3 is 0 Å². The van der Waals surface area contributed by atoms with Crippen molar-refractivity contribution in [1.29, 1.82) is 0 Å². The van der Waals surface area contributed by atoms with Crippen LogP contribution in [0.15, 0.2) is 30.3 Å². The van der Waals surface area contributed by atoms with Crippen LogP contribution in [0.25, 0.3) is 0 Å². The normalized spacial score (nSPS) is 25.8. The van der Waals surface area contributed by atoms with Gasteiger partial charge in [0.1, 0.15) is 0 Å². The van der Waals surface area contributed by atoms with Gasteiger partial charge in [0.15, 0.2) is 0 Å². The third-order valence-electron chi connectivity index (χ3n) is 5.37. The molecule has 0 aromatic heterocycles. The van der Waals surface area contributed by atoms with Gasteiger partial charge in [0, 0.05) is 63.5 Å². The lowest BCUT2D eigenvalue weighted by molar-refractivity contribution is -0.135. The highest BCUT2D eigenvalue weighted by Gasteiger charge is 2.27. The molecule has 24 heavy (non-hydrogen) atoms. The van der Waals surface area contributed by atoms with Gasteiger partial charge in [-0.3, -0.25) is 9.69 Å². The van der Waals surface area contributed by atoms with Gasteiger partial charge in [-0.15, -0.1) is 0 Å². The minimum atomic E-state index is 0.259. The number of piperidine rings is 1. The van der Waals surface area contributed by atoms with Crippen LogP contribution in [0.5, 0.6) is 0 Å². The average molecular weight is 330 g/mol. The van der Waals surface area contributed by atoms with Gasteiger partial charge in [0.05, 0.1) is 0 Å². The van der Waals surface area contributed by atoms with Crippen LogP contribution in [0.3, 0.4) is 0 Å². The summed E-state index contributed by atoms with van der Waals surface area (Å²) in [4.78, 5) is 19.4. The van der Waals surface area contributed by atoms with E-state index >= 15 is 0 Å². The Balaban J connectivity index is 1.41. The molecule has 2 aliphatic rings. The fourth-order valence-electron chi connectivity index (χ4n) is 3.84. The molecule has 0 unspecified atom stereocenters. The van der Waals surface area contributed by atoms with Gasteiger partial charge in [0.2, 0.25) is 5.91 Å². The molecular formula is C19H30N4O. The molecule has 3 rings (SSSR count). The van der Waals surface area contributed by atoms with Crippen LogP contribution < -0.4 is 10.6 Å². The highest BCUT2D eigenvalue weighted by molar-refractivity contribution is 5.76. The third kappa shape index (κ3) is 4.28. The van der Waals surface area contributed by atoms with Gasteiger partial charge in [-0.25, -0.2) is 0 Å². The van der Waals surface area contributed by atoms with Crippen LogP contribution in [0.1, 0.15) is 26.2 Å². The number of anilines is 1. The molecule has 2 N–H and O–H groups in total. The number of para-hydroxylation sites is 1. The van der Waals surface area contributed by atoms with E-state index in [-0.39, 0.29) is 12.1 Å². The van der Waals surface area contributed by atoms with E-state index in [1.807, 2.05) is 4.90 Å². The number of rotatable bonds is 4. The minimum absolute atomic E-state index is 0.259. The smallest absolute Gasteiger partial charge is 0.224 e. The maximum atomic E-state index is 12.5. The largest absolute Gasteiger partial charge is 0.369 e. The Morgan fingerprint density at radius 3 is 2.50 bits per heavy atom. The number of likely N-dealkylation sites (tertiary alicyclic amines) is 1. The highest BCUT2D eigenvalue weighted by atomic mass is 16.2. The fourth-order valence-corrected chi connectivity index (χ4v) is 3.84. The quantitative estimate of drug-likeness (QED) is 0.910. The molecule has 0 bridgehead atoms. The first-order valence-corrected chi connectivity index (χ1v) is 9.21. The maximum Gasteiger partial charge on any atom is 0.224 e. The van der Waals surface area contributed by atoms with Gasteiger partial charge < -0.3 is 15.5 Å². The molecule has 1 amide bonds. The summed E-state index contributed by atoms with van der Waals surface area (Å²) in [5.41, 5.74) is 7.29. The zero-order valence-electron chi connectivity index (χ0n) is 14.7. The van der Waals surface area contributed by atoms with Crippen LogP contribution in [-0.4, -0.2) is 67.1 Å². The summed E-state index contributed by atoms with van der Waals surface area (Å²) in [7, 11) is 0. The Morgan fingerprint density at radius 2 is 1.83 bits per heavy atom. The predicted molar refractivity (Wildman–Crippen MR) is 98.1 cm³/mol. The molecule has 5 heteroatoms. The summed E-state index contributed by atoms with van der Waals surface area (Å²) in [6, 6.07) is 11.1. The number of carbonyl (C=O) groups excluding carboxylic acids is 1. The van der Waals surface area contributed by atoms with Crippen molar-refractivity contribution in [2.75, 3.05) is 44.2 Å². The van der Waals surface area contributed by atoms with Gasteiger partial charge in [-0.2, -0.15) is 0 Å². The van der Waals surface area contributed by atoms with Crippen molar-refractivity contribution in [3.8, 4) is 0 Å². The molecule has 132 valence electrons. The first-order valence-electron chi connectivity index (χ1n) is 9.21. The van der Waals surface area contributed by atoms with Gasteiger partial charge in [-0.1, -0.05) is 18.2 Å². The predicted octanol–water partition coefficient (Wildman–Crippen LogP) is 1.54. The first-order chi connectivity index (χ1) is 11.6. The Labute approximate surface area is 145 Å². The molecule has 2 aliphatic heterocycles. The highest BCUT2D eigenvalue weighted by Crippen LogP contribution is 2.18. The number of benzene rings is 1. The molecule has 5 nitrogen and oxygen atoms in total. The number of hydrogen-bond donors (Lipinski definition) is 1. The Hall–Kier alpha value is -1.59. The molecule has 2 saturated heterocycles. The Bertz CT molecular complexity index is 527. The maximum absolute atomic E-state index is 12.5. The van der Waals surface area contributed by atoms with E-state index in [0.717, 1.165) is 52.1 Å².